The number of thiazole rings is 1. The first-order valence-corrected chi connectivity index (χ1v) is 14.0. The van der Waals surface area contributed by atoms with E-state index in [9.17, 15) is 9.59 Å². The number of aromatic nitrogens is 1. The smallest absolute Gasteiger partial charge is 0.338 e. The Bertz CT molecular complexity index is 1540. The molecule has 1 fully saturated rings. The van der Waals surface area contributed by atoms with E-state index >= 15 is 0 Å². The number of allylic oxidation sites excluding steroid dienone is 1. The van der Waals surface area contributed by atoms with Crippen LogP contribution in [0.4, 0.5) is 5.88 Å². The highest BCUT2D eigenvalue weighted by atomic mass is 32.1. The van der Waals surface area contributed by atoms with Crippen LogP contribution in [0.25, 0.3) is 6.08 Å². The van der Waals surface area contributed by atoms with Crippen LogP contribution in [0.5, 0.6) is 5.75 Å². The third kappa shape index (κ3) is 5.07. The third-order valence-corrected chi connectivity index (χ3v) is 7.63. The van der Waals surface area contributed by atoms with Gasteiger partial charge in [-0.15, -0.1) is 0 Å². The van der Waals surface area contributed by atoms with Crippen LogP contribution < -0.4 is 24.5 Å². The van der Waals surface area contributed by atoms with Crippen LogP contribution in [-0.2, 0) is 9.53 Å². The monoisotopic (exact) mass is 535 g/mol. The van der Waals surface area contributed by atoms with Crippen molar-refractivity contribution < 1.29 is 18.7 Å². The molecule has 2 aliphatic rings. The van der Waals surface area contributed by atoms with Crippen molar-refractivity contribution in [2.24, 2.45) is 4.99 Å². The molecule has 0 amide bonds. The van der Waals surface area contributed by atoms with Crippen molar-refractivity contribution in [1.29, 1.82) is 0 Å². The van der Waals surface area contributed by atoms with Gasteiger partial charge in [0.15, 0.2) is 10.7 Å². The summed E-state index contributed by atoms with van der Waals surface area (Å²) >= 11 is 1.28. The molecule has 0 saturated carbocycles. The number of nitrogens with zero attached hydrogens (tertiary/aromatic N) is 3. The van der Waals surface area contributed by atoms with Crippen molar-refractivity contribution in [2.75, 3.05) is 24.6 Å². The van der Waals surface area contributed by atoms with Crippen molar-refractivity contribution in [2.45, 2.75) is 59.1 Å². The van der Waals surface area contributed by atoms with Gasteiger partial charge in [-0.25, -0.2) is 9.79 Å². The third-order valence-electron chi connectivity index (χ3n) is 6.65. The fourth-order valence-corrected chi connectivity index (χ4v) is 6.01. The molecule has 9 heteroatoms. The van der Waals surface area contributed by atoms with Gasteiger partial charge in [-0.3, -0.25) is 9.36 Å². The van der Waals surface area contributed by atoms with E-state index in [-0.39, 0.29) is 18.3 Å². The zero-order chi connectivity index (χ0) is 26.8. The number of esters is 1. The average molecular weight is 536 g/mol. The number of carbonyl (C=O) groups is 1. The molecule has 0 bridgehead atoms. The number of piperidine rings is 1. The summed E-state index contributed by atoms with van der Waals surface area (Å²) in [5.74, 6) is 1.54. The van der Waals surface area contributed by atoms with Crippen LogP contribution in [0.2, 0.25) is 0 Å². The molecule has 38 heavy (non-hydrogen) atoms. The number of furan rings is 1. The summed E-state index contributed by atoms with van der Waals surface area (Å²) in [7, 11) is 0. The Kier molecular flexibility index (Phi) is 7.56. The van der Waals surface area contributed by atoms with Crippen molar-refractivity contribution >= 4 is 29.3 Å². The van der Waals surface area contributed by atoms with Crippen LogP contribution >= 0.6 is 11.3 Å². The van der Waals surface area contributed by atoms with Crippen LogP contribution in [0.1, 0.15) is 64.3 Å². The molecule has 2 aliphatic heterocycles. The molecule has 5 rings (SSSR count). The summed E-state index contributed by atoms with van der Waals surface area (Å²) in [6.45, 7) is 9.59. The summed E-state index contributed by atoms with van der Waals surface area (Å²) in [5.41, 5.74) is 1.31. The lowest BCUT2D eigenvalue weighted by molar-refractivity contribution is -0.139. The van der Waals surface area contributed by atoms with Crippen LogP contribution in [0.15, 0.2) is 61.9 Å². The quantitative estimate of drug-likeness (QED) is 0.422. The van der Waals surface area contributed by atoms with E-state index in [1.807, 2.05) is 50.2 Å². The molecule has 2 aromatic heterocycles. The first kappa shape index (κ1) is 26.0. The number of para-hydroxylation sites is 1. The minimum atomic E-state index is -0.733. The van der Waals surface area contributed by atoms with E-state index in [4.69, 9.17) is 13.9 Å². The van der Waals surface area contributed by atoms with E-state index in [2.05, 4.69) is 9.89 Å². The number of rotatable bonds is 7. The van der Waals surface area contributed by atoms with Gasteiger partial charge < -0.3 is 18.8 Å². The molecule has 0 aliphatic carbocycles. The Balaban J connectivity index is 1.64. The Morgan fingerprint density at radius 2 is 1.95 bits per heavy atom. The summed E-state index contributed by atoms with van der Waals surface area (Å²) in [4.78, 5) is 34.5. The van der Waals surface area contributed by atoms with Crippen molar-refractivity contribution in [3.8, 4) is 5.75 Å². The second kappa shape index (κ2) is 11.0. The summed E-state index contributed by atoms with van der Waals surface area (Å²) in [6, 6.07) is 10.6. The second-order valence-electron chi connectivity index (χ2n) is 9.73. The molecule has 0 radical (unpaired) electrons. The number of anilines is 1. The minimum Gasteiger partial charge on any atom is -0.491 e. The molecule has 0 spiro atoms. The van der Waals surface area contributed by atoms with Gasteiger partial charge in [0, 0.05) is 30.8 Å². The van der Waals surface area contributed by atoms with Gasteiger partial charge in [0.2, 0.25) is 0 Å². The SMILES string of the molecule is CCOC(=O)C1=C(C)N=c2s/c(=C/c3ccc(N4CCCCC4)o3)c(=O)n2[C@@H]1c1ccccc1OC(C)C. The molecule has 200 valence electrons. The van der Waals surface area contributed by atoms with Gasteiger partial charge in [0.25, 0.3) is 5.56 Å². The highest BCUT2D eigenvalue weighted by Crippen LogP contribution is 2.36. The van der Waals surface area contributed by atoms with Gasteiger partial charge in [-0.1, -0.05) is 29.5 Å². The van der Waals surface area contributed by atoms with Crippen molar-refractivity contribution in [3.63, 3.8) is 0 Å². The Morgan fingerprint density at radius 1 is 1.18 bits per heavy atom. The minimum absolute atomic E-state index is 0.0869. The predicted octanol–water partition coefficient (Wildman–Crippen LogP) is 4.17. The molecule has 8 nitrogen and oxygen atoms in total. The number of hydrogen-bond acceptors (Lipinski definition) is 8. The largest absolute Gasteiger partial charge is 0.491 e. The molecular weight excluding hydrogens is 502 g/mol. The molecule has 1 saturated heterocycles. The van der Waals surface area contributed by atoms with E-state index in [1.54, 1.807) is 24.5 Å². The first-order valence-electron chi connectivity index (χ1n) is 13.2. The van der Waals surface area contributed by atoms with Crippen molar-refractivity contribution in [3.05, 3.63) is 78.7 Å². The predicted molar refractivity (Wildman–Crippen MR) is 147 cm³/mol. The lowest BCUT2D eigenvalue weighted by atomic mass is 9.95. The molecule has 4 heterocycles. The van der Waals surface area contributed by atoms with Gasteiger partial charge in [-0.2, -0.15) is 0 Å². The standard InChI is InChI=1S/C29H33N3O5S/c1-5-35-28(34)25-19(4)30-29-32(26(25)21-11-7-8-12-22(21)36-18(2)3)27(33)23(38-29)17-20-13-14-24(37-20)31-15-9-6-10-16-31/h7-8,11-14,17-18,26H,5-6,9-10,15-16H2,1-4H3/b23-17+/t26-/m1/s1. The van der Waals surface area contributed by atoms with Crippen LogP contribution in [-0.4, -0.2) is 36.3 Å². The Labute approximate surface area is 225 Å². The summed E-state index contributed by atoms with van der Waals surface area (Å²) in [6.07, 6.45) is 5.22. The fourth-order valence-electron chi connectivity index (χ4n) is 4.99. The molecule has 0 unspecified atom stereocenters. The lowest BCUT2D eigenvalue weighted by Gasteiger charge is -2.26. The first-order chi connectivity index (χ1) is 18.4. The van der Waals surface area contributed by atoms with E-state index in [0.29, 0.717) is 37.7 Å². The number of carbonyl (C=O) groups excluding carboxylic acids is 1. The maximum Gasteiger partial charge on any atom is 0.338 e. The van der Waals surface area contributed by atoms with Crippen molar-refractivity contribution in [1.82, 2.24) is 4.57 Å². The Hall–Kier alpha value is -3.59. The van der Waals surface area contributed by atoms with Gasteiger partial charge in [0.1, 0.15) is 17.6 Å². The van der Waals surface area contributed by atoms with E-state index in [1.165, 1.54) is 17.8 Å². The maximum atomic E-state index is 13.9. The number of benzene rings is 1. The van der Waals surface area contributed by atoms with Gasteiger partial charge >= 0.3 is 5.97 Å². The van der Waals surface area contributed by atoms with Crippen LogP contribution in [0.3, 0.4) is 0 Å². The van der Waals surface area contributed by atoms with Crippen LogP contribution in [0, 0.1) is 0 Å². The zero-order valence-corrected chi connectivity index (χ0v) is 23.0. The second-order valence-corrected chi connectivity index (χ2v) is 10.7. The molecule has 1 aromatic carbocycles. The summed E-state index contributed by atoms with van der Waals surface area (Å²) in [5, 5.41) is 0. The van der Waals surface area contributed by atoms with Gasteiger partial charge in [0.05, 0.1) is 28.5 Å². The zero-order valence-electron chi connectivity index (χ0n) is 22.2. The molecular formula is C29H33N3O5S. The molecule has 1 atom stereocenters. The number of ether oxygens (including phenoxy) is 2. The highest BCUT2D eigenvalue weighted by Gasteiger charge is 2.35. The maximum absolute atomic E-state index is 13.9. The van der Waals surface area contributed by atoms with Gasteiger partial charge in [-0.05, 0) is 59.1 Å². The average Bonchev–Trinajstić information content (AvgIpc) is 3.48. The molecule has 0 N–H and O–H groups in total. The summed E-state index contributed by atoms with van der Waals surface area (Å²) < 4.78 is 19.7. The Morgan fingerprint density at radius 3 is 2.68 bits per heavy atom. The normalized spacial score (nSPS) is 18.0. The topological polar surface area (TPSA) is 86.3 Å². The van der Waals surface area contributed by atoms with E-state index < -0.39 is 12.0 Å². The molecule has 3 aromatic rings. The fraction of sp³-hybridized carbons (Fsp3) is 0.414. The number of fused-ring (bicyclic) bond motifs is 1. The number of hydrogen-bond donors (Lipinski definition) is 0. The van der Waals surface area contributed by atoms with E-state index in [0.717, 1.165) is 31.8 Å². The lowest BCUT2D eigenvalue weighted by Crippen LogP contribution is -2.40. The highest BCUT2D eigenvalue weighted by molar-refractivity contribution is 7.07.